The number of fused-ring (bicyclic) bond motifs is 1. The molecule has 9 heteroatoms. The van der Waals surface area contributed by atoms with E-state index in [0.29, 0.717) is 15.8 Å². The predicted molar refractivity (Wildman–Crippen MR) is 116 cm³/mol. The van der Waals surface area contributed by atoms with E-state index < -0.39 is 6.03 Å². The number of rotatable bonds is 3. The first-order chi connectivity index (χ1) is 14.1. The smallest absolute Gasteiger partial charge is 0.330 e. The number of aromatic nitrogens is 2. The number of hydrogen-bond donors (Lipinski definition) is 1. The SMILES string of the molecule is Cn1ccc2cc(N=C3SC(=Cc4cncs4)C(=O)N3C(=O)NC3CC3)ccc21. The summed E-state index contributed by atoms with van der Waals surface area (Å²) in [6, 6.07) is 7.57. The lowest BCUT2D eigenvalue weighted by Gasteiger charge is -2.14. The van der Waals surface area contributed by atoms with Gasteiger partial charge in [0, 0.05) is 41.3 Å². The number of aryl methyl sites for hydroxylation is 1. The minimum Gasteiger partial charge on any atom is -0.351 e. The molecule has 1 aliphatic heterocycles. The Labute approximate surface area is 175 Å². The van der Waals surface area contributed by atoms with Crippen LogP contribution < -0.4 is 5.32 Å². The van der Waals surface area contributed by atoms with Crippen molar-refractivity contribution in [2.45, 2.75) is 18.9 Å². The molecule has 0 atom stereocenters. The number of thioether (sulfide) groups is 1. The first-order valence-corrected chi connectivity index (χ1v) is 10.8. The predicted octanol–water partition coefficient (Wildman–Crippen LogP) is 4.11. The molecule has 0 radical (unpaired) electrons. The van der Waals surface area contributed by atoms with Gasteiger partial charge in [-0.1, -0.05) is 0 Å². The summed E-state index contributed by atoms with van der Waals surface area (Å²) in [7, 11) is 1.99. The highest BCUT2D eigenvalue weighted by atomic mass is 32.2. The van der Waals surface area contributed by atoms with Gasteiger partial charge in [-0.05, 0) is 54.9 Å². The van der Waals surface area contributed by atoms with Crippen molar-refractivity contribution in [2.75, 3.05) is 0 Å². The molecule has 1 aliphatic carbocycles. The molecule has 1 N–H and O–H groups in total. The quantitative estimate of drug-likeness (QED) is 0.643. The fourth-order valence-corrected chi connectivity index (χ4v) is 4.66. The molecule has 3 amide bonds. The minimum atomic E-state index is -0.419. The third-order valence-corrected chi connectivity index (χ3v) is 6.42. The molecule has 0 bridgehead atoms. The van der Waals surface area contributed by atoms with Gasteiger partial charge in [-0.15, -0.1) is 11.3 Å². The Morgan fingerprint density at radius 3 is 2.97 bits per heavy atom. The van der Waals surface area contributed by atoms with E-state index in [4.69, 9.17) is 0 Å². The van der Waals surface area contributed by atoms with E-state index in [2.05, 4.69) is 15.3 Å². The third-order valence-electron chi connectivity index (χ3n) is 4.73. The molecule has 1 aromatic carbocycles. The van der Waals surface area contributed by atoms with Crippen LogP contribution in [0.2, 0.25) is 0 Å². The topological polar surface area (TPSA) is 79.6 Å². The number of aliphatic imine (C=N–C) groups is 1. The maximum atomic E-state index is 13.0. The largest absolute Gasteiger partial charge is 0.351 e. The van der Waals surface area contributed by atoms with Crippen LogP contribution in [0.4, 0.5) is 10.5 Å². The van der Waals surface area contributed by atoms with Crippen LogP contribution in [0.5, 0.6) is 0 Å². The van der Waals surface area contributed by atoms with Gasteiger partial charge in [-0.25, -0.2) is 14.7 Å². The van der Waals surface area contributed by atoms with Crippen molar-refractivity contribution in [1.82, 2.24) is 19.8 Å². The molecule has 7 nitrogen and oxygen atoms in total. The minimum absolute atomic E-state index is 0.150. The number of imide groups is 1. The van der Waals surface area contributed by atoms with Crippen LogP contribution in [0.3, 0.4) is 0 Å². The number of benzene rings is 1. The summed E-state index contributed by atoms with van der Waals surface area (Å²) in [6.07, 6.45) is 7.33. The fraction of sp³-hybridized carbons (Fsp3) is 0.200. The summed E-state index contributed by atoms with van der Waals surface area (Å²) in [5, 5.41) is 4.30. The Balaban J connectivity index is 1.52. The first kappa shape index (κ1) is 18.1. The second kappa shape index (κ2) is 7.16. The monoisotopic (exact) mass is 423 g/mol. The van der Waals surface area contributed by atoms with Crippen LogP contribution in [0, 0.1) is 0 Å². The molecule has 3 heterocycles. The number of urea groups is 1. The second-order valence-electron chi connectivity index (χ2n) is 6.94. The Morgan fingerprint density at radius 1 is 1.34 bits per heavy atom. The van der Waals surface area contributed by atoms with Crippen molar-refractivity contribution in [1.29, 1.82) is 0 Å². The summed E-state index contributed by atoms with van der Waals surface area (Å²) in [5.41, 5.74) is 3.50. The lowest BCUT2D eigenvalue weighted by atomic mass is 10.2. The van der Waals surface area contributed by atoms with Gasteiger partial charge in [0.25, 0.3) is 5.91 Å². The van der Waals surface area contributed by atoms with E-state index in [0.717, 1.165) is 33.5 Å². The van der Waals surface area contributed by atoms with Crippen LogP contribution in [0.25, 0.3) is 17.0 Å². The highest BCUT2D eigenvalue weighted by Crippen LogP contribution is 2.35. The van der Waals surface area contributed by atoms with Gasteiger partial charge < -0.3 is 9.88 Å². The van der Waals surface area contributed by atoms with E-state index in [1.54, 1.807) is 17.8 Å². The third kappa shape index (κ3) is 3.58. The number of hydrogen-bond acceptors (Lipinski definition) is 6. The Kier molecular flexibility index (Phi) is 4.48. The van der Waals surface area contributed by atoms with Crippen LogP contribution in [0.15, 0.2) is 52.1 Å². The molecule has 5 rings (SSSR count). The van der Waals surface area contributed by atoms with Crippen molar-refractivity contribution in [3.05, 3.63) is 52.0 Å². The molecule has 1 saturated heterocycles. The fourth-order valence-electron chi connectivity index (χ4n) is 3.07. The molecule has 146 valence electrons. The van der Waals surface area contributed by atoms with Crippen LogP contribution in [-0.4, -0.2) is 37.6 Å². The van der Waals surface area contributed by atoms with Crippen molar-refractivity contribution in [3.63, 3.8) is 0 Å². The summed E-state index contributed by atoms with van der Waals surface area (Å²) >= 11 is 2.64. The van der Waals surface area contributed by atoms with Gasteiger partial charge >= 0.3 is 6.03 Å². The number of nitrogens with one attached hydrogen (secondary N) is 1. The molecule has 2 fully saturated rings. The summed E-state index contributed by atoms with van der Waals surface area (Å²) in [4.78, 5) is 36.8. The van der Waals surface area contributed by atoms with Gasteiger partial charge in [-0.2, -0.15) is 0 Å². The zero-order valence-corrected chi connectivity index (χ0v) is 17.2. The molecule has 2 aromatic heterocycles. The summed E-state index contributed by atoms with van der Waals surface area (Å²) in [6.45, 7) is 0. The lowest BCUT2D eigenvalue weighted by Crippen LogP contribution is -2.43. The molecule has 29 heavy (non-hydrogen) atoms. The molecular weight excluding hydrogens is 406 g/mol. The van der Waals surface area contributed by atoms with Crippen molar-refractivity contribution < 1.29 is 9.59 Å². The number of nitrogens with zero attached hydrogens (tertiary/aromatic N) is 4. The lowest BCUT2D eigenvalue weighted by molar-refractivity contribution is -0.120. The highest BCUT2D eigenvalue weighted by Gasteiger charge is 2.40. The van der Waals surface area contributed by atoms with Crippen LogP contribution >= 0.6 is 23.1 Å². The standard InChI is InChI=1S/C20H17N5O2S2/c1-24-7-6-12-8-14(4-5-16(12)24)23-20-25(19(27)22-13-2-3-13)18(26)17(29-20)9-15-10-21-11-28-15/h4-11,13H,2-3H2,1H3,(H,22,27). The molecule has 1 saturated carbocycles. The maximum absolute atomic E-state index is 13.0. The van der Waals surface area contributed by atoms with E-state index in [1.165, 1.54) is 23.1 Å². The average Bonchev–Trinajstić information content (AvgIpc) is 3.09. The van der Waals surface area contributed by atoms with E-state index in [9.17, 15) is 9.59 Å². The molecule has 0 spiro atoms. The van der Waals surface area contributed by atoms with Crippen molar-refractivity contribution in [2.24, 2.45) is 12.0 Å². The molecule has 2 aliphatic rings. The second-order valence-corrected chi connectivity index (χ2v) is 8.87. The van der Waals surface area contributed by atoms with Gasteiger partial charge in [0.15, 0.2) is 5.17 Å². The zero-order chi connectivity index (χ0) is 20.0. The summed E-state index contributed by atoms with van der Waals surface area (Å²) in [5.74, 6) is -0.360. The first-order valence-electron chi connectivity index (χ1n) is 9.15. The Bertz CT molecular complexity index is 1170. The number of carbonyl (C=O) groups excluding carboxylic acids is 2. The molecular formula is C20H17N5O2S2. The number of thiazole rings is 1. The summed E-state index contributed by atoms with van der Waals surface area (Å²) < 4.78 is 2.03. The maximum Gasteiger partial charge on any atom is 0.330 e. The number of carbonyl (C=O) groups is 2. The normalized spacial score (nSPS) is 19.6. The highest BCUT2D eigenvalue weighted by molar-refractivity contribution is 8.18. The van der Waals surface area contributed by atoms with E-state index >= 15 is 0 Å². The van der Waals surface area contributed by atoms with Gasteiger partial charge in [0.05, 0.1) is 16.1 Å². The van der Waals surface area contributed by atoms with Crippen molar-refractivity contribution in [3.8, 4) is 0 Å². The number of amidine groups is 1. The van der Waals surface area contributed by atoms with Gasteiger partial charge in [0.1, 0.15) is 0 Å². The molecule has 3 aromatic rings. The van der Waals surface area contributed by atoms with Crippen molar-refractivity contribution >= 4 is 62.9 Å². The van der Waals surface area contributed by atoms with Gasteiger partial charge in [-0.3, -0.25) is 9.78 Å². The average molecular weight is 424 g/mol. The van der Waals surface area contributed by atoms with E-state index in [1.807, 2.05) is 42.1 Å². The van der Waals surface area contributed by atoms with Gasteiger partial charge in [0.2, 0.25) is 0 Å². The Hall–Kier alpha value is -2.91. The molecule has 0 unspecified atom stereocenters. The van der Waals surface area contributed by atoms with Crippen LogP contribution in [-0.2, 0) is 11.8 Å². The number of amides is 3. The zero-order valence-electron chi connectivity index (χ0n) is 15.5. The Morgan fingerprint density at radius 2 is 2.21 bits per heavy atom. The van der Waals surface area contributed by atoms with Crippen LogP contribution in [0.1, 0.15) is 17.7 Å². The van der Waals surface area contributed by atoms with E-state index in [-0.39, 0.29) is 11.9 Å².